The number of nitrogens with zero attached hydrogens (tertiary/aromatic N) is 1. The average Bonchev–Trinajstić information content (AvgIpc) is 2.05. The maximum atomic E-state index is 10.4. The first-order valence-electron chi connectivity index (χ1n) is 3.93. The number of nitro groups is 1. The lowest BCUT2D eigenvalue weighted by Crippen LogP contribution is -2.29. The van der Waals surface area contributed by atoms with E-state index in [1.54, 1.807) is 6.92 Å². The highest BCUT2D eigenvalue weighted by molar-refractivity contribution is 7.99. The second-order valence-corrected chi connectivity index (χ2v) is 4.15. The molecule has 0 amide bonds. The molecule has 1 aliphatic heterocycles. The minimum Gasteiger partial charge on any atom is -0.264 e. The third-order valence-corrected chi connectivity index (χ3v) is 3.45. The molecule has 0 spiro atoms. The van der Waals surface area contributed by atoms with Crippen molar-refractivity contribution in [2.24, 2.45) is 5.92 Å². The molecule has 1 saturated heterocycles. The molecular formula is C7H13NO2S. The molecule has 0 bridgehead atoms. The summed E-state index contributed by atoms with van der Waals surface area (Å²) in [7, 11) is 0. The standard InChI is InChI=1S/C7H13NO2S/c1-6(8(9)10)7-3-2-4-11-5-7/h6-7H,2-5H2,1H3. The van der Waals surface area contributed by atoms with Gasteiger partial charge in [0.1, 0.15) is 0 Å². The fraction of sp³-hybridized carbons (Fsp3) is 1.00. The minimum atomic E-state index is -0.345. The fourth-order valence-electron chi connectivity index (χ4n) is 1.32. The molecule has 0 aromatic rings. The molecule has 0 N–H and O–H groups in total. The van der Waals surface area contributed by atoms with Crippen LogP contribution in [-0.4, -0.2) is 22.5 Å². The molecule has 2 unspecified atom stereocenters. The van der Waals surface area contributed by atoms with Crippen LogP contribution in [0.5, 0.6) is 0 Å². The summed E-state index contributed by atoms with van der Waals surface area (Å²) >= 11 is 1.84. The van der Waals surface area contributed by atoms with E-state index < -0.39 is 0 Å². The van der Waals surface area contributed by atoms with Gasteiger partial charge in [0.2, 0.25) is 6.04 Å². The van der Waals surface area contributed by atoms with E-state index in [1.807, 2.05) is 11.8 Å². The minimum absolute atomic E-state index is 0.156. The summed E-state index contributed by atoms with van der Waals surface area (Å²) < 4.78 is 0. The molecule has 4 heteroatoms. The summed E-state index contributed by atoms with van der Waals surface area (Å²) in [6, 6.07) is -0.345. The van der Waals surface area contributed by atoms with Crippen molar-refractivity contribution in [1.29, 1.82) is 0 Å². The van der Waals surface area contributed by atoms with E-state index in [0.717, 1.165) is 18.6 Å². The third kappa shape index (κ3) is 2.36. The van der Waals surface area contributed by atoms with Gasteiger partial charge >= 0.3 is 0 Å². The monoisotopic (exact) mass is 175 g/mol. The van der Waals surface area contributed by atoms with E-state index >= 15 is 0 Å². The normalized spacial score (nSPS) is 27.9. The molecule has 0 aromatic heterocycles. The summed E-state index contributed by atoms with van der Waals surface area (Å²) in [4.78, 5) is 10.2. The lowest BCUT2D eigenvalue weighted by molar-refractivity contribution is -0.526. The van der Waals surface area contributed by atoms with Gasteiger partial charge in [0.05, 0.1) is 0 Å². The van der Waals surface area contributed by atoms with Gasteiger partial charge in [-0.1, -0.05) is 0 Å². The molecule has 0 aliphatic carbocycles. The van der Waals surface area contributed by atoms with Crippen molar-refractivity contribution >= 4 is 11.8 Å². The van der Waals surface area contributed by atoms with Gasteiger partial charge in [0.15, 0.2) is 0 Å². The van der Waals surface area contributed by atoms with Crippen LogP contribution in [0.15, 0.2) is 0 Å². The Kier molecular flexibility index (Phi) is 3.17. The highest BCUT2D eigenvalue weighted by Crippen LogP contribution is 2.25. The van der Waals surface area contributed by atoms with Gasteiger partial charge in [0, 0.05) is 23.5 Å². The first-order valence-corrected chi connectivity index (χ1v) is 5.08. The summed E-state index contributed by atoms with van der Waals surface area (Å²) in [6.45, 7) is 1.72. The zero-order valence-electron chi connectivity index (χ0n) is 6.66. The topological polar surface area (TPSA) is 43.1 Å². The van der Waals surface area contributed by atoms with E-state index in [0.29, 0.717) is 5.92 Å². The summed E-state index contributed by atoms with van der Waals surface area (Å²) in [5.74, 6) is 2.46. The van der Waals surface area contributed by atoms with Crippen molar-refractivity contribution in [1.82, 2.24) is 0 Å². The van der Waals surface area contributed by atoms with Crippen LogP contribution in [0, 0.1) is 16.0 Å². The first-order chi connectivity index (χ1) is 5.22. The number of thioether (sulfide) groups is 1. The zero-order valence-corrected chi connectivity index (χ0v) is 7.47. The second-order valence-electron chi connectivity index (χ2n) is 3.00. The maximum absolute atomic E-state index is 10.4. The van der Waals surface area contributed by atoms with E-state index in [-0.39, 0.29) is 11.0 Å². The molecule has 0 radical (unpaired) electrons. The van der Waals surface area contributed by atoms with Gasteiger partial charge in [-0.2, -0.15) is 11.8 Å². The van der Waals surface area contributed by atoms with Crippen molar-refractivity contribution in [3.8, 4) is 0 Å². The molecule has 1 aliphatic rings. The highest BCUT2D eigenvalue weighted by Gasteiger charge is 2.27. The first kappa shape index (κ1) is 8.84. The van der Waals surface area contributed by atoms with Gasteiger partial charge in [-0.15, -0.1) is 0 Å². The number of hydrogen-bond donors (Lipinski definition) is 0. The predicted molar refractivity (Wildman–Crippen MR) is 46.5 cm³/mol. The fourth-order valence-corrected chi connectivity index (χ4v) is 2.60. The highest BCUT2D eigenvalue weighted by atomic mass is 32.2. The molecule has 1 rings (SSSR count). The van der Waals surface area contributed by atoms with Crippen molar-refractivity contribution in [2.75, 3.05) is 11.5 Å². The van der Waals surface area contributed by atoms with Gasteiger partial charge in [-0.05, 0) is 18.6 Å². The molecule has 1 fully saturated rings. The van der Waals surface area contributed by atoms with Crippen LogP contribution in [0.2, 0.25) is 0 Å². The van der Waals surface area contributed by atoms with Crippen LogP contribution < -0.4 is 0 Å². The predicted octanol–water partition coefficient (Wildman–Crippen LogP) is 1.79. The van der Waals surface area contributed by atoms with Crippen LogP contribution in [0.4, 0.5) is 0 Å². The lowest BCUT2D eigenvalue weighted by atomic mass is 9.98. The Labute approximate surface area is 70.7 Å². The van der Waals surface area contributed by atoms with E-state index in [1.165, 1.54) is 5.75 Å². The van der Waals surface area contributed by atoms with Gasteiger partial charge in [0.25, 0.3) is 0 Å². The molecular weight excluding hydrogens is 162 g/mol. The van der Waals surface area contributed by atoms with Crippen LogP contribution in [0.25, 0.3) is 0 Å². The van der Waals surface area contributed by atoms with Gasteiger partial charge in [-0.25, -0.2) is 0 Å². The third-order valence-electron chi connectivity index (χ3n) is 2.21. The molecule has 0 saturated carbocycles. The summed E-state index contributed by atoms with van der Waals surface area (Å²) in [5.41, 5.74) is 0. The van der Waals surface area contributed by atoms with Crippen LogP contribution in [0.3, 0.4) is 0 Å². The van der Waals surface area contributed by atoms with Crippen LogP contribution >= 0.6 is 11.8 Å². The molecule has 2 atom stereocenters. The molecule has 11 heavy (non-hydrogen) atoms. The SMILES string of the molecule is CC(C1CCCSC1)[N+](=O)[O-]. The summed E-state index contributed by atoms with van der Waals surface area (Å²) in [6.07, 6.45) is 2.18. The van der Waals surface area contributed by atoms with Crippen LogP contribution in [0.1, 0.15) is 19.8 Å². The Balaban J connectivity index is 2.38. The van der Waals surface area contributed by atoms with Crippen molar-refractivity contribution in [2.45, 2.75) is 25.8 Å². The molecule has 3 nitrogen and oxygen atoms in total. The van der Waals surface area contributed by atoms with E-state index in [9.17, 15) is 10.1 Å². The van der Waals surface area contributed by atoms with Crippen molar-refractivity contribution < 1.29 is 4.92 Å². The average molecular weight is 175 g/mol. The molecule has 1 heterocycles. The molecule has 64 valence electrons. The van der Waals surface area contributed by atoms with Crippen molar-refractivity contribution in [3.05, 3.63) is 10.1 Å². The van der Waals surface area contributed by atoms with Gasteiger partial charge in [-0.3, -0.25) is 10.1 Å². The number of hydrogen-bond acceptors (Lipinski definition) is 3. The summed E-state index contributed by atoms with van der Waals surface area (Å²) in [5, 5.41) is 10.4. The maximum Gasteiger partial charge on any atom is 0.213 e. The Bertz CT molecular complexity index is 145. The second kappa shape index (κ2) is 3.95. The largest absolute Gasteiger partial charge is 0.264 e. The van der Waals surface area contributed by atoms with E-state index in [4.69, 9.17) is 0 Å². The van der Waals surface area contributed by atoms with Crippen LogP contribution in [-0.2, 0) is 0 Å². The molecule has 0 aromatic carbocycles. The smallest absolute Gasteiger partial charge is 0.213 e. The number of rotatable bonds is 2. The quantitative estimate of drug-likeness (QED) is 0.474. The Morgan fingerprint density at radius 2 is 2.45 bits per heavy atom. The van der Waals surface area contributed by atoms with Crippen molar-refractivity contribution in [3.63, 3.8) is 0 Å². The Morgan fingerprint density at radius 1 is 1.73 bits per heavy atom. The Morgan fingerprint density at radius 3 is 2.91 bits per heavy atom. The lowest BCUT2D eigenvalue weighted by Gasteiger charge is -2.21. The Hall–Kier alpha value is -0.250. The van der Waals surface area contributed by atoms with Gasteiger partial charge < -0.3 is 0 Å². The zero-order chi connectivity index (χ0) is 8.27. The van der Waals surface area contributed by atoms with E-state index in [2.05, 4.69) is 0 Å².